The molecular formula is C20H26N4O2. The summed E-state index contributed by atoms with van der Waals surface area (Å²) in [4.78, 5) is 33.0. The summed E-state index contributed by atoms with van der Waals surface area (Å²) in [5.41, 5.74) is 1.04. The molecule has 26 heavy (non-hydrogen) atoms. The largest absolute Gasteiger partial charge is 0.337 e. The lowest BCUT2D eigenvalue weighted by atomic mass is 10.0. The molecule has 1 aliphatic rings. The number of benzene rings is 1. The number of aromatic nitrogens is 2. The molecule has 1 aromatic carbocycles. The number of hydrogen-bond donors (Lipinski definition) is 0. The molecule has 3 amide bonds. The molecular weight excluding hydrogens is 328 g/mol. The quantitative estimate of drug-likeness (QED) is 0.684. The van der Waals surface area contributed by atoms with Crippen molar-refractivity contribution in [2.45, 2.75) is 45.8 Å². The first-order valence-electron chi connectivity index (χ1n) is 9.18. The van der Waals surface area contributed by atoms with Crippen molar-refractivity contribution in [2.24, 2.45) is 5.92 Å². The zero-order valence-electron chi connectivity index (χ0n) is 15.4. The summed E-state index contributed by atoms with van der Waals surface area (Å²) in [6.45, 7) is 5.82. The highest BCUT2D eigenvalue weighted by atomic mass is 16.2. The van der Waals surface area contributed by atoms with E-state index >= 15 is 0 Å². The van der Waals surface area contributed by atoms with E-state index in [1.54, 1.807) is 17.4 Å². The molecule has 1 aromatic heterocycles. The van der Waals surface area contributed by atoms with Gasteiger partial charge in [0.25, 0.3) is 5.91 Å². The fourth-order valence-corrected chi connectivity index (χ4v) is 3.36. The van der Waals surface area contributed by atoms with E-state index in [4.69, 9.17) is 0 Å². The van der Waals surface area contributed by atoms with Crippen LogP contribution in [-0.2, 0) is 17.9 Å². The lowest BCUT2D eigenvalue weighted by Gasteiger charge is -2.23. The summed E-state index contributed by atoms with van der Waals surface area (Å²) in [6.07, 6.45) is 6.77. The highest BCUT2D eigenvalue weighted by molar-refractivity contribution is 6.04. The van der Waals surface area contributed by atoms with Crippen LogP contribution >= 0.6 is 0 Å². The first-order chi connectivity index (χ1) is 12.6. The molecule has 2 heterocycles. The van der Waals surface area contributed by atoms with Gasteiger partial charge in [-0.25, -0.2) is 9.78 Å². The van der Waals surface area contributed by atoms with Gasteiger partial charge in [0.05, 0.1) is 6.33 Å². The van der Waals surface area contributed by atoms with E-state index in [2.05, 4.69) is 18.8 Å². The Labute approximate surface area is 154 Å². The summed E-state index contributed by atoms with van der Waals surface area (Å²) in [5.74, 6) is 0.284. The monoisotopic (exact) mass is 354 g/mol. The summed E-state index contributed by atoms with van der Waals surface area (Å²) in [7, 11) is 0. The molecule has 6 nitrogen and oxygen atoms in total. The zero-order chi connectivity index (χ0) is 18.5. The van der Waals surface area contributed by atoms with Crippen molar-refractivity contribution in [1.29, 1.82) is 0 Å². The molecule has 0 N–H and O–H groups in total. The van der Waals surface area contributed by atoms with Crippen LogP contribution in [0.1, 0.15) is 32.3 Å². The van der Waals surface area contributed by atoms with Crippen molar-refractivity contribution in [1.82, 2.24) is 19.4 Å². The maximum atomic E-state index is 12.9. The third kappa shape index (κ3) is 4.12. The molecule has 1 aliphatic heterocycles. The minimum atomic E-state index is -0.365. The predicted molar refractivity (Wildman–Crippen MR) is 99.2 cm³/mol. The van der Waals surface area contributed by atoms with Crippen LogP contribution in [0, 0.1) is 5.92 Å². The fraction of sp³-hybridized carbons (Fsp3) is 0.450. The standard InChI is InChI=1S/C20H26N4O2/c1-16(2)13-18-19(25)23(11-6-10-22-12-9-21-15-22)20(26)24(18)14-17-7-4-3-5-8-17/h3-5,7-9,12,15-16,18H,6,10-11,13-14H2,1-2H3. The van der Waals surface area contributed by atoms with Crippen molar-refractivity contribution >= 4 is 11.9 Å². The van der Waals surface area contributed by atoms with E-state index in [1.165, 1.54) is 4.90 Å². The SMILES string of the molecule is CC(C)CC1C(=O)N(CCCn2ccnc2)C(=O)N1Cc1ccccc1. The van der Waals surface area contributed by atoms with E-state index < -0.39 is 0 Å². The number of hydrogen-bond acceptors (Lipinski definition) is 3. The Morgan fingerprint density at radius 2 is 1.88 bits per heavy atom. The van der Waals surface area contributed by atoms with Gasteiger partial charge >= 0.3 is 6.03 Å². The molecule has 0 saturated carbocycles. The number of amides is 3. The average Bonchev–Trinajstić information content (AvgIpc) is 3.21. The molecule has 0 radical (unpaired) electrons. The van der Waals surface area contributed by atoms with Gasteiger partial charge in [-0.05, 0) is 24.3 Å². The van der Waals surface area contributed by atoms with Gasteiger partial charge in [-0.15, -0.1) is 0 Å². The van der Waals surface area contributed by atoms with Crippen LogP contribution < -0.4 is 0 Å². The molecule has 2 aromatic rings. The second-order valence-electron chi connectivity index (χ2n) is 7.19. The van der Waals surface area contributed by atoms with Crippen LogP contribution in [0.2, 0.25) is 0 Å². The number of imide groups is 1. The molecule has 1 fully saturated rings. The number of nitrogens with zero attached hydrogens (tertiary/aromatic N) is 4. The van der Waals surface area contributed by atoms with Crippen molar-refractivity contribution in [3.8, 4) is 0 Å². The van der Waals surface area contributed by atoms with Crippen molar-refractivity contribution < 1.29 is 9.59 Å². The number of rotatable bonds is 8. The molecule has 6 heteroatoms. The van der Waals surface area contributed by atoms with Crippen molar-refractivity contribution in [3.63, 3.8) is 0 Å². The zero-order valence-corrected chi connectivity index (χ0v) is 15.4. The number of urea groups is 1. The van der Waals surface area contributed by atoms with E-state index in [0.29, 0.717) is 25.4 Å². The van der Waals surface area contributed by atoms with Crippen LogP contribution in [0.25, 0.3) is 0 Å². The third-order valence-electron chi connectivity index (χ3n) is 4.65. The Bertz CT molecular complexity index is 728. The van der Waals surface area contributed by atoms with Gasteiger partial charge in [-0.3, -0.25) is 9.69 Å². The molecule has 1 saturated heterocycles. The van der Waals surface area contributed by atoms with Gasteiger partial charge in [0.2, 0.25) is 0 Å². The number of carbonyl (C=O) groups is 2. The molecule has 138 valence electrons. The van der Waals surface area contributed by atoms with Crippen molar-refractivity contribution in [2.75, 3.05) is 6.54 Å². The second-order valence-corrected chi connectivity index (χ2v) is 7.19. The Hall–Kier alpha value is -2.63. The van der Waals surface area contributed by atoms with Crippen LogP contribution in [0.4, 0.5) is 4.79 Å². The second kappa shape index (κ2) is 8.17. The number of imidazole rings is 1. The van der Waals surface area contributed by atoms with Gasteiger partial charge in [-0.1, -0.05) is 44.2 Å². The predicted octanol–water partition coefficient (Wildman–Crippen LogP) is 3.15. The smallest absolute Gasteiger partial charge is 0.327 e. The lowest BCUT2D eigenvalue weighted by Crippen LogP contribution is -2.35. The summed E-state index contributed by atoms with van der Waals surface area (Å²) >= 11 is 0. The Balaban J connectivity index is 1.69. The molecule has 1 unspecified atom stereocenters. The van der Waals surface area contributed by atoms with Crippen LogP contribution in [-0.4, -0.2) is 43.9 Å². The van der Waals surface area contributed by atoms with Gasteiger partial charge in [0.15, 0.2) is 0 Å². The van der Waals surface area contributed by atoms with E-state index in [9.17, 15) is 9.59 Å². The Morgan fingerprint density at radius 3 is 2.54 bits per heavy atom. The van der Waals surface area contributed by atoms with E-state index in [1.807, 2.05) is 41.1 Å². The first-order valence-corrected chi connectivity index (χ1v) is 9.18. The maximum absolute atomic E-state index is 12.9. The minimum Gasteiger partial charge on any atom is -0.337 e. The van der Waals surface area contributed by atoms with Gasteiger partial charge in [-0.2, -0.15) is 0 Å². The first kappa shape index (κ1) is 18.2. The van der Waals surface area contributed by atoms with Crippen LogP contribution in [0.15, 0.2) is 49.1 Å². The highest BCUT2D eigenvalue weighted by Crippen LogP contribution is 2.25. The minimum absolute atomic E-state index is 0.0646. The summed E-state index contributed by atoms with van der Waals surface area (Å²) < 4.78 is 1.96. The molecule has 0 aliphatic carbocycles. The molecule has 3 rings (SSSR count). The van der Waals surface area contributed by atoms with Crippen LogP contribution in [0.3, 0.4) is 0 Å². The molecule has 0 spiro atoms. The van der Waals surface area contributed by atoms with E-state index in [-0.39, 0.29) is 18.0 Å². The Morgan fingerprint density at radius 1 is 1.12 bits per heavy atom. The number of aryl methyl sites for hydroxylation is 1. The summed E-state index contributed by atoms with van der Waals surface area (Å²) in [5, 5.41) is 0. The lowest BCUT2D eigenvalue weighted by molar-refractivity contribution is -0.128. The van der Waals surface area contributed by atoms with Gasteiger partial charge in [0, 0.05) is 32.0 Å². The highest BCUT2D eigenvalue weighted by Gasteiger charge is 2.44. The van der Waals surface area contributed by atoms with Crippen LogP contribution in [0.5, 0.6) is 0 Å². The summed E-state index contributed by atoms with van der Waals surface area (Å²) in [6, 6.07) is 9.31. The Kier molecular flexibility index (Phi) is 5.71. The maximum Gasteiger partial charge on any atom is 0.327 e. The topological polar surface area (TPSA) is 58.4 Å². The van der Waals surface area contributed by atoms with Gasteiger partial charge in [0.1, 0.15) is 6.04 Å². The normalized spacial score (nSPS) is 17.6. The molecule has 1 atom stereocenters. The third-order valence-corrected chi connectivity index (χ3v) is 4.65. The average molecular weight is 354 g/mol. The number of carbonyl (C=O) groups excluding carboxylic acids is 2. The fourth-order valence-electron chi connectivity index (χ4n) is 3.36. The van der Waals surface area contributed by atoms with E-state index in [0.717, 1.165) is 18.5 Å². The molecule has 0 bridgehead atoms. The van der Waals surface area contributed by atoms with Gasteiger partial charge < -0.3 is 9.47 Å². The van der Waals surface area contributed by atoms with Crippen molar-refractivity contribution in [3.05, 3.63) is 54.6 Å².